The molecule has 0 aliphatic rings. The first-order chi connectivity index (χ1) is 14.0. The van der Waals surface area contributed by atoms with Gasteiger partial charge < -0.3 is 15.0 Å². The molecule has 3 N–H and O–H groups in total. The van der Waals surface area contributed by atoms with Gasteiger partial charge in [-0.1, -0.05) is 12.1 Å². The second-order valence-corrected chi connectivity index (χ2v) is 7.27. The lowest BCUT2D eigenvalue weighted by atomic mass is 10.2. The van der Waals surface area contributed by atoms with Crippen molar-refractivity contribution in [1.82, 2.24) is 19.7 Å². The molecule has 29 heavy (non-hydrogen) atoms. The number of anilines is 2. The summed E-state index contributed by atoms with van der Waals surface area (Å²) in [4.78, 5) is 11.9. The van der Waals surface area contributed by atoms with E-state index in [1.54, 1.807) is 12.3 Å². The summed E-state index contributed by atoms with van der Waals surface area (Å²) < 4.78 is 29.4. The van der Waals surface area contributed by atoms with E-state index in [4.69, 9.17) is 4.74 Å². The maximum Gasteiger partial charge on any atom is 0.230 e. The summed E-state index contributed by atoms with van der Waals surface area (Å²) in [5.74, 6) is 1.51. The van der Waals surface area contributed by atoms with Gasteiger partial charge in [0, 0.05) is 41.1 Å². The average molecular weight is 409 g/mol. The van der Waals surface area contributed by atoms with Crippen molar-refractivity contribution in [3.05, 3.63) is 72.1 Å². The van der Waals surface area contributed by atoms with E-state index < -0.39 is 10.9 Å². The fourth-order valence-electron chi connectivity index (χ4n) is 2.89. The number of aryl methyl sites for hydroxylation is 1. The highest BCUT2D eigenvalue weighted by molar-refractivity contribution is 7.70. The molecule has 0 spiro atoms. The number of fused-ring (bicyclic) bond motifs is 1. The third-order valence-corrected chi connectivity index (χ3v) is 4.62. The van der Waals surface area contributed by atoms with Crippen LogP contribution in [-0.2, 0) is 17.4 Å². The second-order valence-electron chi connectivity index (χ2n) is 6.44. The van der Waals surface area contributed by atoms with Crippen molar-refractivity contribution in [2.75, 3.05) is 5.32 Å². The van der Waals surface area contributed by atoms with E-state index in [-0.39, 0.29) is 6.54 Å². The van der Waals surface area contributed by atoms with E-state index in [9.17, 15) is 8.42 Å². The minimum Gasteiger partial charge on any atom is -0.439 e. The molecule has 0 amide bonds. The largest absolute Gasteiger partial charge is 0.439 e. The Bertz CT molecular complexity index is 1210. The molecule has 0 saturated carbocycles. The summed E-state index contributed by atoms with van der Waals surface area (Å²) >= 11 is 0. The van der Waals surface area contributed by atoms with Gasteiger partial charge in [0.1, 0.15) is 5.75 Å². The van der Waals surface area contributed by atoms with Crippen molar-refractivity contribution in [2.24, 2.45) is 0 Å². The Balaban J connectivity index is 1.45. The van der Waals surface area contributed by atoms with Gasteiger partial charge in [-0.3, -0.25) is 0 Å². The lowest BCUT2D eigenvalue weighted by molar-refractivity contribution is 0.463. The van der Waals surface area contributed by atoms with Gasteiger partial charge >= 0.3 is 0 Å². The zero-order valence-electron chi connectivity index (χ0n) is 15.5. The van der Waals surface area contributed by atoms with Crippen LogP contribution in [0.15, 0.2) is 60.8 Å². The third kappa shape index (κ3) is 4.89. The molecule has 2 aromatic carbocycles. The van der Waals surface area contributed by atoms with Crippen LogP contribution >= 0.6 is 0 Å². The van der Waals surface area contributed by atoms with Crippen molar-refractivity contribution in [3.63, 3.8) is 0 Å². The van der Waals surface area contributed by atoms with Gasteiger partial charge in [-0.25, -0.2) is 18.1 Å². The smallest absolute Gasteiger partial charge is 0.230 e. The number of ether oxygens (including phenoxy) is 1. The minimum atomic E-state index is -2.61. The molecule has 0 radical (unpaired) electrons. The normalized spacial score (nSPS) is 11.1. The summed E-state index contributed by atoms with van der Waals surface area (Å²) in [6, 6.07) is 16.9. The fraction of sp³-hybridized carbons (Fsp3) is 0.100. The Hall–Kier alpha value is -3.43. The average Bonchev–Trinajstić information content (AvgIpc) is 3.07. The van der Waals surface area contributed by atoms with Gasteiger partial charge in [-0.2, -0.15) is 4.98 Å². The molecule has 148 valence electrons. The lowest BCUT2D eigenvalue weighted by Crippen LogP contribution is -2.10. The number of nitrogens with one attached hydrogen (secondary N) is 3. The number of aromatic amines is 1. The van der Waals surface area contributed by atoms with Gasteiger partial charge in [0.05, 0.1) is 0 Å². The highest BCUT2D eigenvalue weighted by atomic mass is 32.2. The first-order valence-corrected chi connectivity index (χ1v) is 10.1. The summed E-state index contributed by atoms with van der Waals surface area (Å²) in [5.41, 5.74) is 3.78. The number of hydrogen-bond acceptors (Lipinski definition) is 6. The van der Waals surface area contributed by atoms with Crippen LogP contribution in [0.1, 0.15) is 11.3 Å². The Morgan fingerprint density at radius 2 is 1.90 bits per heavy atom. The Morgan fingerprint density at radius 1 is 1.07 bits per heavy atom. The standard InChI is InChI=1S/C20H19N5O3S/c1-13-10-15-11-17(6-7-18(15)23-13)28-19-8-9-21-20(25-19)24-16-4-2-14(3-5-16)12-22-29(26)27/h2-11,23,29H,12H2,1H3,(H,21,24,25)(H,22,26,27). The number of rotatable bonds is 7. The van der Waals surface area contributed by atoms with E-state index >= 15 is 0 Å². The summed E-state index contributed by atoms with van der Waals surface area (Å²) in [5, 5.41) is 4.18. The Morgan fingerprint density at radius 3 is 2.69 bits per heavy atom. The lowest BCUT2D eigenvalue weighted by Gasteiger charge is -2.08. The predicted molar refractivity (Wildman–Crippen MR) is 112 cm³/mol. The van der Waals surface area contributed by atoms with Crippen LogP contribution in [0, 0.1) is 6.92 Å². The maximum absolute atomic E-state index is 10.6. The van der Waals surface area contributed by atoms with Crippen LogP contribution in [-0.4, -0.2) is 23.4 Å². The van der Waals surface area contributed by atoms with Crippen LogP contribution in [0.4, 0.5) is 11.6 Å². The van der Waals surface area contributed by atoms with Gasteiger partial charge in [0.15, 0.2) is 0 Å². The predicted octanol–water partition coefficient (Wildman–Crippen LogP) is 3.42. The molecule has 2 aromatic heterocycles. The molecule has 2 heterocycles. The first kappa shape index (κ1) is 18.9. The van der Waals surface area contributed by atoms with E-state index in [0.717, 1.165) is 27.8 Å². The molecule has 0 aliphatic carbocycles. The van der Waals surface area contributed by atoms with Gasteiger partial charge in [0.2, 0.25) is 22.7 Å². The Kier molecular flexibility index (Phi) is 5.41. The molecule has 0 fully saturated rings. The highest BCUT2D eigenvalue weighted by Crippen LogP contribution is 2.25. The topological polar surface area (TPSA) is 109 Å². The Labute approximate surface area is 169 Å². The van der Waals surface area contributed by atoms with Crippen molar-refractivity contribution in [1.29, 1.82) is 0 Å². The van der Waals surface area contributed by atoms with Crippen LogP contribution in [0.5, 0.6) is 11.6 Å². The highest BCUT2D eigenvalue weighted by Gasteiger charge is 2.05. The van der Waals surface area contributed by atoms with Crippen LogP contribution < -0.4 is 14.8 Å². The number of H-pyrrole nitrogens is 1. The SMILES string of the molecule is Cc1cc2cc(Oc3ccnc(Nc4ccc(CN[SH](=O)=O)cc4)n3)ccc2[nH]1. The second kappa shape index (κ2) is 8.29. The number of benzene rings is 2. The molecule has 4 rings (SSSR count). The van der Waals surface area contributed by atoms with E-state index in [1.165, 1.54) is 0 Å². The molecule has 4 aromatic rings. The molecular weight excluding hydrogens is 390 g/mol. The molecule has 0 bridgehead atoms. The number of thiol groups is 1. The fourth-order valence-corrected chi connectivity index (χ4v) is 3.20. The zero-order valence-corrected chi connectivity index (χ0v) is 16.4. The first-order valence-electron chi connectivity index (χ1n) is 8.89. The van der Waals surface area contributed by atoms with Crippen LogP contribution in [0.3, 0.4) is 0 Å². The summed E-state index contributed by atoms with van der Waals surface area (Å²) in [7, 11) is -2.61. The van der Waals surface area contributed by atoms with Gasteiger partial charge in [-0.05, 0) is 48.9 Å². The molecule has 0 unspecified atom stereocenters. The maximum atomic E-state index is 10.6. The van der Waals surface area contributed by atoms with Crippen LogP contribution in [0.25, 0.3) is 10.9 Å². The zero-order chi connectivity index (χ0) is 20.2. The number of aromatic nitrogens is 3. The summed E-state index contributed by atoms with van der Waals surface area (Å²) in [6.07, 6.45) is 1.62. The summed E-state index contributed by atoms with van der Waals surface area (Å²) in [6.45, 7) is 2.26. The third-order valence-electron chi connectivity index (χ3n) is 4.20. The molecular formula is C20H19N5O3S. The molecule has 0 atom stereocenters. The van der Waals surface area contributed by atoms with Crippen molar-refractivity contribution >= 4 is 33.4 Å². The van der Waals surface area contributed by atoms with Crippen LogP contribution in [0.2, 0.25) is 0 Å². The molecule has 0 aliphatic heterocycles. The number of nitrogens with zero attached hydrogens (tertiary/aromatic N) is 2. The van der Waals surface area contributed by atoms with Crippen molar-refractivity contribution in [2.45, 2.75) is 13.5 Å². The van der Waals surface area contributed by atoms with Crippen molar-refractivity contribution in [3.8, 4) is 11.6 Å². The van der Waals surface area contributed by atoms with Gasteiger partial charge in [0.25, 0.3) is 0 Å². The molecule has 8 nitrogen and oxygen atoms in total. The molecule has 9 heteroatoms. The van der Waals surface area contributed by atoms with Gasteiger partial charge in [-0.15, -0.1) is 0 Å². The molecule has 0 saturated heterocycles. The van der Waals surface area contributed by atoms with E-state index in [0.29, 0.717) is 17.6 Å². The monoisotopic (exact) mass is 409 g/mol. The van der Waals surface area contributed by atoms with E-state index in [2.05, 4.69) is 31.1 Å². The quantitative estimate of drug-likeness (QED) is 0.348. The number of hydrogen-bond donors (Lipinski definition) is 4. The van der Waals surface area contributed by atoms with E-state index in [1.807, 2.05) is 49.4 Å². The minimum absolute atomic E-state index is 0.254. The van der Waals surface area contributed by atoms with Crippen molar-refractivity contribution < 1.29 is 13.2 Å².